The van der Waals surface area contributed by atoms with Crippen molar-refractivity contribution in [2.75, 3.05) is 31.2 Å². The molecule has 0 unspecified atom stereocenters. The van der Waals surface area contributed by atoms with Crippen LogP contribution in [0.5, 0.6) is 0 Å². The van der Waals surface area contributed by atoms with Crippen LogP contribution < -0.4 is 5.32 Å². The van der Waals surface area contributed by atoms with Crippen molar-refractivity contribution < 1.29 is 22.7 Å². The van der Waals surface area contributed by atoms with Crippen molar-refractivity contribution in [3.63, 3.8) is 0 Å². The molecule has 3 rings (SSSR count). The van der Waals surface area contributed by atoms with Crippen molar-refractivity contribution in [1.29, 1.82) is 0 Å². The van der Waals surface area contributed by atoms with E-state index in [9.17, 15) is 18.0 Å². The first-order valence-corrected chi connectivity index (χ1v) is 10.8. The van der Waals surface area contributed by atoms with E-state index in [1.165, 1.54) is 0 Å². The summed E-state index contributed by atoms with van der Waals surface area (Å²) in [7, 11) is -3.33. The van der Waals surface area contributed by atoms with Crippen LogP contribution in [0.15, 0.2) is 11.3 Å². The van der Waals surface area contributed by atoms with Gasteiger partial charge in [-0.25, -0.2) is 8.42 Å². The van der Waals surface area contributed by atoms with Crippen molar-refractivity contribution >= 4 is 21.7 Å². The highest BCUT2D eigenvalue weighted by molar-refractivity contribution is 7.91. The van der Waals surface area contributed by atoms with Crippen LogP contribution in [0.1, 0.15) is 39.0 Å². The highest BCUT2D eigenvalue weighted by Gasteiger charge is 2.44. The molecule has 0 saturated carbocycles. The summed E-state index contributed by atoms with van der Waals surface area (Å²) in [6.45, 7) is 3.69. The monoisotopic (exact) mass is 370 g/mol. The first kappa shape index (κ1) is 18.2. The summed E-state index contributed by atoms with van der Waals surface area (Å²) in [5.74, 6) is -0.897. The van der Waals surface area contributed by atoms with E-state index < -0.39 is 21.8 Å². The smallest absolute Gasteiger partial charge is 0.250 e. The number of sulfone groups is 1. The van der Waals surface area contributed by atoms with Crippen LogP contribution in [0.3, 0.4) is 0 Å². The molecule has 7 nitrogen and oxygen atoms in total. The Balaban J connectivity index is 1.73. The summed E-state index contributed by atoms with van der Waals surface area (Å²) in [6.07, 6.45) is 4.37. The van der Waals surface area contributed by atoms with Crippen LogP contribution in [-0.2, 0) is 24.2 Å². The van der Waals surface area contributed by atoms with Crippen molar-refractivity contribution in [2.45, 2.75) is 45.1 Å². The summed E-state index contributed by atoms with van der Waals surface area (Å²) in [6, 6.07) is -0.658. The molecule has 0 aromatic heterocycles. The third kappa shape index (κ3) is 4.16. The van der Waals surface area contributed by atoms with Gasteiger partial charge in [0.25, 0.3) is 5.91 Å². The third-order valence-corrected chi connectivity index (χ3v) is 6.98. The van der Waals surface area contributed by atoms with Gasteiger partial charge in [0.15, 0.2) is 9.84 Å². The van der Waals surface area contributed by atoms with E-state index in [2.05, 4.69) is 5.32 Å². The van der Waals surface area contributed by atoms with Gasteiger partial charge < -0.3 is 15.0 Å². The molecule has 1 N–H and O–H groups in total. The van der Waals surface area contributed by atoms with Crippen molar-refractivity contribution in [1.82, 2.24) is 10.2 Å². The second kappa shape index (κ2) is 7.35. The minimum atomic E-state index is -3.33. The molecular formula is C17H26N2O5S. The second-order valence-corrected chi connectivity index (χ2v) is 9.29. The fraction of sp³-hybridized carbons (Fsp3) is 0.765. The first-order chi connectivity index (χ1) is 11.9. The molecule has 0 aromatic rings. The van der Waals surface area contributed by atoms with Crippen LogP contribution >= 0.6 is 0 Å². The maximum Gasteiger partial charge on any atom is 0.250 e. The van der Waals surface area contributed by atoms with Gasteiger partial charge in [0.1, 0.15) is 5.76 Å². The van der Waals surface area contributed by atoms with Gasteiger partial charge in [-0.05, 0) is 39.0 Å². The van der Waals surface area contributed by atoms with Gasteiger partial charge >= 0.3 is 0 Å². The minimum Gasteiger partial charge on any atom is -0.498 e. The van der Waals surface area contributed by atoms with E-state index in [1.54, 1.807) is 11.8 Å². The zero-order valence-electron chi connectivity index (χ0n) is 14.6. The fourth-order valence-electron chi connectivity index (χ4n) is 3.85. The third-order valence-electron chi connectivity index (χ3n) is 5.24. The highest BCUT2D eigenvalue weighted by Crippen LogP contribution is 2.25. The molecule has 3 heterocycles. The fourth-order valence-corrected chi connectivity index (χ4v) is 5.77. The number of piperidine rings is 1. The van der Waals surface area contributed by atoms with Crippen LogP contribution in [-0.4, -0.2) is 62.4 Å². The summed E-state index contributed by atoms with van der Waals surface area (Å²) in [4.78, 5) is 27.1. The first-order valence-electron chi connectivity index (χ1n) is 9.00. The quantitative estimate of drug-likeness (QED) is 0.786. The summed E-state index contributed by atoms with van der Waals surface area (Å²) >= 11 is 0. The number of ether oxygens (including phenoxy) is 1. The molecule has 0 aromatic carbocycles. The van der Waals surface area contributed by atoms with Gasteiger partial charge in [-0.15, -0.1) is 0 Å². The number of likely N-dealkylation sites (tertiary alicyclic amines) is 1. The Morgan fingerprint density at radius 3 is 2.52 bits per heavy atom. The number of allylic oxidation sites excluding steroid dienone is 1. The zero-order valence-corrected chi connectivity index (χ0v) is 15.4. The standard InChI is InChI=1S/C17H26N2O5S/c1-12-13(6-5-9-24-12)16(20)18-15-11-25(22,23)10-14(15)17(21)19-7-3-2-4-8-19/h14-15H,2-11H2,1H3,(H,18,20)/t14-,15-/m1/s1. The topological polar surface area (TPSA) is 92.8 Å². The van der Waals surface area contributed by atoms with Crippen LogP contribution in [0.25, 0.3) is 0 Å². The number of nitrogens with zero attached hydrogens (tertiary/aromatic N) is 1. The van der Waals surface area contributed by atoms with Gasteiger partial charge in [-0.3, -0.25) is 9.59 Å². The SMILES string of the molecule is CC1=C(C(=O)N[C@@H]2CS(=O)(=O)C[C@H]2C(=O)N2CCCCC2)CCCO1. The Labute approximate surface area is 148 Å². The maximum absolute atomic E-state index is 12.8. The predicted octanol–water partition coefficient (Wildman–Crippen LogP) is 0.613. The Kier molecular flexibility index (Phi) is 5.36. The molecule has 0 bridgehead atoms. The lowest BCUT2D eigenvalue weighted by molar-refractivity contribution is -0.136. The molecule has 8 heteroatoms. The molecule has 140 valence electrons. The molecule has 2 fully saturated rings. The Morgan fingerprint density at radius 2 is 1.84 bits per heavy atom. The molecule has 0 radical (unpaired) electrons. The Hall–Kier alpha value is -1.57. The van der Waals surface area contributed by atoms with E-state index in [0.29, 0.717) is 37.4 Å². The average molecular weight is 370 g/mol. The lowest BCUT2D eigenvalue weighted by Crippen LogP contribution is -2.49. The summed E-state index contributed by atoms with van der Waals surface area (Å²) in [5.41, 5.74) is 0.555. The number of amides is 2. The second-order valence-electron chi connectivity index (χ2n) is 7.14. The van der Waals surface area contributed by atoms with Gasteiger partial charge in [-0.1, -0.05) is 0 Å². The van der Waals surface area contributed by atoms with E-state index in [0.717, 1.165) is 25.7 Å². The number of carbonyl (C=O) groups is 2. The minimum absolute atomic E-state index is 0.142. The number of nitrogens with one attached hydrogen (secondary N) is 1. The molecule has 0 spiro atoms. The Bertz CT molecular complexity index is 679. The number of rotatable bonds is 3. The lowest BCUT2D eigenvalue weighted by Gasteiger charge is -2.31. The largest absolute Gasteiger partial charge is 0.498 e. The van der Waals surface area contributed by atoms with E-state index in [-0.39, 0.29) is 23.3 Å². The van der Waals surface area contributed by atoms with Crippen molar-refractivity contribution in [3.8, 4) is 0 Å². The highest BCUT2D eigenvalue weighted by atomic mass is 32.2. The lowest BCUT2D eigenvalue weighted by atomic mass is 9.99. The van der Waals surface area contributed by atoms with Crippen molar-refractivity contribution in [2.24, 2.45) is 5.92 Å². The molecule has 25 heavy (non-hydrogen) atoms. The Morgan fingerprint density at radius 1 is 1.12 bits per heavy atom. The summed E-state index contributed by atoms with van der Waals surface area (Å²) in [5, 5.41) is 2.80. The van der Waals surface area contributed by atoms with E-state index >= 15 is 0 Å². The zero-order chi connectivity index (χ0) is 18.0. The average Bonchev–Trinajstić information content (AvgIpc) is 2.89. The normalized spacial score (nSPS) is 29.2. The van der Waals surface area contributed by atoms with Gasteiger partial charge in [0.2, 0.25) is 5.91 Å². The molecule has 2 amide bonds. The molecule has 2 saturated heterocycles. The molecule has 0 aliphatic carbocycles. The number of carbonyl (C=O) groups excluding carboxylic acids is 2. The van der Waals surface area contributed by atoms with Crippen LogP contribution in [0.4, 0.5) is 0 Å². The maximum atomic E-state index is 12.8. The van der Waals surface area contributed by atoms with Gasteiger partial charge in [0.05, 0.1) is 35.6 Å². The van der Waals surface area contributed by atoms with E-state index in [1.807, 2.05) is 0 Å². The molecule has 2 atom stereocenters. The van der Waals surface area contributed by atoms with Crippen LogP contribution in [0.2, 0.25) is 0 Å². The molecular weight excluding hydrogens is 344 g/mol. The number of hydrogen-bond donors (Lipinski definition) is 1. The van der Waals surface area contributed by atoms with Crippen molar-refractivity contribution in [3.05, 3.63) is 11.3 Å². The van der Waals surface area contributed by atoms with Crippen LogP contribution in [0, 0.1) is 5.92 Å². The summed E-state index contributed by atoms with van der Waals surface area (Å²) < 4.78 is 29.6. The number of hydrogen-bond acceptors (Lipinski definition) is 5. The molecule has 3 aliphatic heterocycles. The van der Waals surface area contributed by atoms with Gasteiger partial charge in [0, 0.05) is 13.1 Å². The van der Waals surface area contributed by atoms with E-state index in [4.69, 9.17) is 4.74 Å². The predicted molar refractivity (Wildman–Crippen MR) is 92.4 cm³/mol. The van der Waals surface area contributed by atoms with Gasteiger partial charge in [-0.2, -0.15) is 0 Å². The molecule has 3 aliphatic rings.